The fourth-order valence-corrected chi connectivity index (χ4v) is 2.10. The number of aliphatic hydroxyl groups is 1. The Bertz CT molecular complexity index is 447. The Morgan fingerprint density at radius 2 is 1.35 bits per heavy atom. The summed E-state index contributed by atoms with van der Waals surface area (Å²) in [7, 11) is 0. The molecule has 0 spiro atoms. The molecule has 0 saturated carbocycles. The molecule has 0 aromatic heterocycles. The fourth-order valence-electron chi connectivity index (χ4n) is 2.10. The minimum Gasteiger partial charge on any atom is -0.513 e. The lowest BCUT2D eigenvalue weighted by Crippen LogP contribution is -2.31. The standard InChI is InChI=1S/C19H34N2O7.3C2H6/c1-17(23)6-5-7-18(24)20-8-3-2-4-11-28-16-19(25)21-9-12-26-14-15-27-13-10-22;3*1-2/h10,23H,1-9,11-16H2,(H,20,24)(H,21,25);3*1-2H3. The molecule has 0 fully saturated rings. The number of unbranched alkanes of at least 4 members (excludes halogenated alkanes) is 2. The van der Waals surface area contributed by atoms with E-state index in [1.165, 1.54) is 0 Å². The van der Waals surface area contributed by atoms with Gasteiger partial charge in [-0.25, -0.2) is 0 Å². The average molecular weight is 493 g/mol. The fraction of sp³-hybridized carbons (Fsp3) is 0.800. The zero-order valence-electron chi connectivity index (χ0n) is 22.6. The lowest BCUT2D eigenvalue weighted by Gasteiger charge is -2.08. The molecule has 0 aliphatic heterocycles. The maximum Gasteiger partial charge on any atom is 0.246 e. The van der Waals surface area contributed by atoms with Gasteiger partial charge < -0.3 is 34.7 Å². The van der Waals surface area contributed by atoms with Crippen LogP contribution in [-0.4, -0.2) is 75.9 Å². The summed E-state index contributed by atoms with van der Waals surface area (Å²) >= 11 is 0. The van der Waals surface area contributed by atoms with Crippen LogP contribution in [0.25, 0.3) is 0 Å². The summed E-state index contributed by atoms with van der Waals surface area (Å²) in [6.07, 6.45) is 4.67. The lowest BCUT2D eigenvalue weighted by molar-refractivity contribution is -0.126. The molecule has 0 aromatic rings. The van der Waals surface area contributed by atoms with Gasteiger partial charge in [-0.2, -0.15) is 0 Å². The van der Waals surface area contributed by atoms with Crippen LogP contribution < -0.4 is 10.6 Å². The van der Waals surface area contributed by atoms with Crippen molar-refractivity contribution in [1.29, 1.82) is 0 Å². The SMILES string of the molecule is C=C(O)CCCC(=O)NCCCCCOCC(=O)NCCOCCOCC=O.CC.CC.CC. The van der Waals surface area contributed by atoms with Gasteiger partial charge in [-0.15, -0.1) is 0 Å². The van der Waals surface area contributed by atoms with Crippen LogP contribution in [0.15, 0.2) is 12.3 Å². The largest absolute Gasteiger partial charge is 0.513 e. The average Bonchev–Trinajstić information content (AvgIpc) is 2.86. The van der Waals surface area contributed by atoms with Crippen LogP contribution in [0.2, 0.25) is 0 Å². The zero-order valence-corrected chi connectivity index (χ0v) is 22.6. The summed E-state index contributed by atoms with van der Waals surface area (Å²) < 4.78 is 15.4. The molecule has 0 heterocycles. The summed E-state index contributed by atoms with van der Waals surface area (Å²) in [5.74, 6) is -0.113. The molecule has 0 bridgehead atoms. The van der Waals surface area contributed by atoms with Crippen LogP contribution in [-0.2, 0) is 28.6 Å². The minimum absolute atomic E-state index is 0.00926. The van der Waals surface area contributed by atoms with Gasteiger partial charge in [0.2, 0.25) is 11.8 Å². The van der Waals surface area contributed by atoms with E-state index in [4.69, 9.17) is 19.3 Å². The van der Waals surface area contributed by atoms with Gasteiger partial charge in [0.05, 0.1) is 25.6 Å². The third kappa shape index (κ3) is 40.4. The highest BCUT2D eigenvalue weighted by molar-refractivity contribution is 5.77. The molecule has 0 aliphatic rings. The lowest BCUT2D eigenvalue weighted by atomic mass is 10.2. The van der Waals surface area contributed by atoms with E-state index in [0.29, 0.717) is 65.1 Å². The summed E-state index contributed by atoms with van der Waals surface area (Å²) in [6.45, 7) is 18.0. The number of hydrogen-bond acceptors (Lipinski definition) is 7. The Morgan fingerprint density at radius 1 is 0.735 bits per heavy atom. The number of hydrogen-bond donors (Lipinski definition) is 3. The molecule has 0 atom stereocenters. The van der Waals surface area contributed by atoms with Crippen molar-refractivity contribution in [1.82, 2.24) is 10.6 Å². The maximum absolute atomic E-state index is 11.5. The van der Waals surface area contributed by atoms with Crippen molar-refractivity contribution < 1.29 is 33.7 Å². The highest BCUT2D eigenvalue weighted by Crippen LogP contribution is 2.01. The normalized spacial score (nSPS) is 9.12. The van der Waals surface area contributed by atoms with E-state index in [0.717, 1.165) is 19.3 Å². The second-order valence-corrected chi connectivity index (χ2v) is 6.09. The molecule has 9 nitrogen and oxygen atoms in total. The quantitative estimate of drug-likeness (QED) is 0.133. The smallest absolute Gasteiger partial charge is 0.246 e. The number of amides is 2. The predicted octanol–water partition coefficient (Wildman–Crippen LogP) is 3.96. The Morgan fingerprint density at radius 3 is 1.97 bits per heavy atom. The van der Waals surface area contributed by atoms with Crippen LogP contribution in [0.4, 0.5) is 0 Å². The first-order valence-corrected chi connectivity index (χ1v) is 12.6. The van der Waals surface area contributed by atoms with Gasteiger partial charge in [-0.05, 0) is 25.7 Å². The van der Waals surface area contributed by atoms with E-state index in [9.17, 15) is 14.4 Å². The molecule has 34 heavy (non-hydrogen) atoms. The molecular formula is C25H52N2O7. The van der Waals surface area contributed by atoms with Crippen LogP contribution in [0.1, 0.15) is 80.1 Å². The zero-order chi connectivity index (χ0) is 26.9. The first-order valence-electron chi connectivity index (χ1n) is 12.6. The van der Waals surface area contributed by atoms with E-state index >= 15 is 0 Å². The summed E-state index contributed by atoms with van der Waals surface area (Å²) in [4.78, 5) is 33.0. The minimum atomic E-state index is -0.196. The number of aldehydes is 1. The van der Waals surface area contributed by atoms with E-state index in [1.54, 1.807) is 0 Å². The molecule has 0 radical (unpaired) electrons. The number of nitrogens with one attached hydrogen (secondary N) is 2. The Kier molecular flexibility index (Phi) is 44.2. The van der Waals surface area contributed by atoms with Crippen molar-refractivity contribution in [2.45, 2.75) is 80.1 Å². The van der Waals surface area contributed by atoms with Crippen molar-refractivity contribution in [3.63, 3.8) is 0 Å². The number of rotatable bonds is 20. The highest BCUT2D eigenvalue weighted by Gasteiger charge is 2.02. The predicted molar refractivity (Wildman–Crippen MR) is 138 cm³/mol. The van der Waals surface area contributed by atoms with Crippen molar-refractivity contribution >= 4 is 18.1 Å². The summed E-state index contributed by atoms with van der Waals surface area (Å²) in [5, 5.41) is 14.4. The molecular weight excluding hydrogens is 440 g/mol. The van der Waals surface area contributed by atoms with E-state index in [2.05, 4.69) is 17.2 Å². The van der Waals surface area contributed by atoms with E-state index in [-0.39, 0.29) is 30.8 Å². The van der Waals surface area contributed by atoms with Gasteiger partial charge in [0, 0.05) is 32.5 Å². The van der Waals surface area contributed by atoms with Gasteiger partial charge >= 0.3 is 0 Å². The number of allylic oxidation sites excluding steroid dienone is 1. The number of aliphatic hydroxyl groups excluding tert-OH is 1. The van der Waals surface area contributed by atoms with Gasteiger partial charge in [-0.1, -0.05) is 48.1 Å². The first-order chi connectivity index (χ1) is 16.6. The second kappa shape index (κ2) is 38.3. The molecule has 204 valence electrons. The highest BCUT2D eigenvalue weighted by atomic mass is 16.5. The molecule has 2 amide bonds. The summed E-state index contributed by atoms with van der Waals surface area (Å²) in [5.41, 5.74) is 0. The Hall–Kier alpha value is -1.97. The summed E-state index contributed by atoms with van der Waals surface area (Å²) in [6, 6.07) is 0. The molecule has 0 aliphatic carbocycles. The van der Waals surface area contributed by atoms with Crippen molar-refractivity contribution in [2.75, 3.05) is 52.7 Å². The van der Waals surface area contributed by atoms with Gasteiger partial charge in [-0.3, -0.25) is 9.59 Å². The Balaban J connectivity index is -0.000000689. The molecule has 9 heteroatoms. The van der Waals surface area contributed by atoms with Crippen LogP contribution in [0, 0.1) is 0 Å². The molecule has 0 saturated heterocycles. The van der Waals surface area contributed by atoms with Gasteiger partial charge in [0.15, 0.2) is 0 Å². The van der Waals surface area contributed by atoms with Crippen LogP contribution in [0.5, 0.6) is 0 Å². The van der Waals surface area contributed by atoms with Crippen molar-refractivity contribution in [2.24, 2.45) is 0 Å². The van der Waals surface area contributed by atoms with E-state index < -0.39 is 0 Å². The number of ether oxygens (including phenoxy) is 3. The number of carbonyl (C=O) groups is 3. The molecule has 0 aromatic carbocycles. The van der Waals surface area contributed by atoms with Gasteiger partial charge in [0.1, 0.15) is 19.5 Å². The Labute approximate surface area is 208 Å². The van der Waals surface area contributed by atoms with Crippen molar-refractivity contribution in [3.8, 4) is 0 Å². The monoisotopic (exact) mass is 492 g/mol. The second-order valence-electron chi connectivity index (χ2n) is 6.09. The molecule has 0 rings (SSSR count). The third-order valence-corrected chi connectivity index (χ3v) is 3.52. The van der Waals surface area contributed by atoms with Gasteiger partial charge in [0.25, 0.3) is 0 Å². The molecule has 0 unspecified atom stereocenters. The third-order valence-electron chi connectivity index (χ3n) is 3.52. The first kappa shape index (κ1) is 39.3. The topological polar surface area (TPSA) is 123 Å². The van der Waals surface area contributed by atoms with Crippen LogP contribution >= 0.6 is 0 Å². The van der Waals surface area contributed by atoms with Crippen molar-refractivity contribution in [3.05, 3.63) is 12.3 Å². The number of carbonyl (C=O) groups excluding carboxylic acids is 3. The van der Waals surface area contributed by atoms with Crippen LogP contribution in [0.3, 0.4) is 0 Å². The van der Waals surface area contributed by atoms with E-state index in [1.807, 2.05) is 41.5 Å². The maximum atomic E-state index is 11.5. The molecule has 3 N–H and O–H groups in total.